The van der Waals surface area contributed by atoms with Gasteiger partial charge in [0, 0.05) is 11.3 Å². The van der Waals surface area contributed by atoms with E-state index in [1.165, 1.54) is 23.9 Å². The van der Waals surface area contributed by atoms with Crippen LogP contribution in [-0.4, -0.2) is 29.3 Å². The van der Waals surface area contributed by atoms with Crippen LogP contribution in [0.2, 0.25) is 0 Å². The molecule has 0 unspecified atom stereocenters. The number of rotatable bonds is 5. The number of aromatic nitrogens is 2. The fourth-order valence-electron chi connectivity index (χ4n) is 2.49. The maximum absolute atomic E-state index is 12.3. The Bertz CT molecular complexity index is 875. The van der Waals surface area contributed by atoms with Gasteiger partial charge in [-0.1, -0.05) is 11.8 Å². The van der Waals surface area contributed by atoms with Crippen molar-refractivity contribution < 1.29 is 22.6 Å². The van der Waals surface area contributed by atoms with Gasteiger partial charge in [0.2, 0.25) is 0 Å². The molecule has 0 saturated heterocycles. The zero-order chi connectivity index (χ0) is 18.7. The van der Waals surface area contributed by atoms with Gasteiger partial charge < -0.3 is 9.47 Å². The Kier molecular flexibility index (Phi) is 5.13. The number of nitrogens with zero attached hydrogens (tertiary/aromatic N) is 2. The Morgan fingerprint density at radius 3 is 2.12 bits per heavy atom. The number of thioether (sulfide) groups is 1. The van der Waals surface area contributed by atoms with Crippen LogP contribution in [0.4, 0.5) is 13.2 Å². The topological polar surface area (TPSA) is 36.3 Å². The molecule has 8 heteroatoms. The van der Waals surface area contributed by atoms with Crippen molar-refractivity contribution in [1.82, 2.24) is 9.55 Å². The molecular weight excluding hydrogens is 365 g/mol. The lowest BCUT2D eigenvalue weighted by atomic mass is 10.1. The van der Waals surface area contributed by atoms with Crippen molar-refractivity contribution >= 4 is 11.8 Å². The Hall–Kier alpha value is -2.61. The molecule has 0 aliphatic rings. The summed E-state index contributed by atoms with van der Waals surface area (Å²) in [6.07, 6.45) is -1.10. The lowest BCUT2D eigenvalue weighted by Gasteiger charge is -2.13. The van der Waals surface area contributed by atoms with Gasteiger partial charge in [0.25, 0.3) is 0 Å². The molecule has 0 N–H and O–H groups in total. The highest BCUT2D eigenvalue weighted by atomic mass is 32.2. The van der Waals surface area contributed by atoms with E-state index >= 15 is 0 Å². The van der Waals surface area contributed by atoms with Crippen LogP contribution in [0.1, 0.15) is 0 Å². The molecule has 1 aromatic heterocycles. The van der Waals surface area contributed by atoms with Gasteiger partial charge in [0.15, 0.2) is 5.16 Å². The molecule has 0 spiro atoms. The van der Waals surface area contributed by atoms with Crippen molar-refractivity contribution in [3.05, 3.63) is 54.7 Å². The summed E-state index contributed by atoms with van der Waals surface area (Å²) < 4.78 is 48.0. The van der Waals surface area contributed by atoms with Gasteiger partial charge in [0.05, 0.1) is 19.0 Å². The minimum Gasteiger partial charge on any atom is -0.497 e. The predicted octanol–water partition coefficient (Wildman–Crippen LogP) is 5.17. The molecule has 0 amide bonds. The van der Waals surface area contributed by atoms with Gasteiger partial charge in [-0.15, -0.1) is 13.2 Å². The Morgan fingerprint density at radius 1 is 0.962 bits per heavy atom. The number of imidazole rings is 1. The molecule has 4 nitrogen and oxygen atoms in total. The summed E-state index contributed by atoms with van der Waals surface area (Å²) in [5, 5.41) is 0.723. The van der Waals surface area contributed by atoms with Gasteiger partial charge >= 0.3 is 6.36 Å². The molecule has 26 heavy (non-hydrogen) atoms. The van der Waals surface area contributed by atoms with E-state index in [1.807, 2.05) is 35.1 Å². The summed E-state index contributed by atoms with van der Waals surface area (Å²) in [6.45, 7) is 0. The molecule has 0 fully saturated rings. The van der Waals surface area contributed by atoms with E-state index in [-0.39, 0.29) is 5.75 Å². The van der Waals surface area contributed by atoms with Crippen LogP contribution in [0.5, 0.6) is 11.5 Å². The summed E-state index contributed by atoms with van der Waals surface area (Å²) in [7, 11) is 1.59. The molecule has 0 aliphatic carbocycles. The van der Waals surface area contributed by atoms with Gasteiger partial charge in [-0.05, 0) is 54.8 Å². The van der Waals surface area contributed by atoms with E-state index in [9.17, 15) is 13.2 Å². The van der Waals surface area contributed by atoms with Gasteiger partial charge in [-0.2, -0.15) is 0 Å². The number of benzene rings is 2. The average molecular weight is 380 g/mol. The van der Waals surface area contributed by atoms with E-state index in [4.69, 9.17) is 4.74 Å². The van der Waals surface area contributed by atoms with Crippen LogP contribution in [-0.2, 0) is 0 Å². The summed E-state index contributed by atoms with van der Waals surface area (Å²) in [6, 6.07) is 13.2. The largest absolute Gasteiger partial charge is 0.573 e. The Morgan fingerprint density at radius 2 is 1.58 bits per heavy atom. The number of methoxy groups -OCH3 is 1. The second-order valence-electron chi connectivity index (χ2n) is 5.24. The third-order valence-corrected chi connectivity index (χ3v) is 4.28. The van der Waals surface area contributed by atoms with E-state index in [0.717, 1.165) is 22.2 Å². The normalized spacial score (nSPS) is 11.4. The molecular formula is C18H15F3N2O2S. The molecule has 0 saturated carbocycles. The van der Waals surface area contributed by atoms with Gasteiger partial charge in [-0.25, -0.2) is 4.98 Å². The Labute approximate surface area is 152 Å². The Balaban J connectivity index is 1.99. The van der Waals surface area contributed by atoms with Crippen molar-refractivity contribution in [2.75, 3.05) is 13.4 Å². The third-order valence-electron chi connectivity index (χ3n) is 3.63. The first kappa shape index (κ1) is 18.2. The lowest BCUT2D eigenvalue weighted by Crippen LogP contribution is -2.17. The highest BCUT2D eigenvalue weighted by Gasteiger charge is 2.31. The van der Waals surface area contributed by atoms with Gasteiger partial charge in [0.1, 0.15) is 11.5 Å². The number of hydrogen-bond acceptors (Lipinski definition) is 4. The summed E-state index contributed by atoms with van der Waals surface area (Å²) >= 11 is 1.44. The van der Waals surface area contributed by atoms with E-state index in [2.05, 4.69) is 9.72 Å². The van der Waals surface area contributed by atoms with E-state index < -0.39 is 6.36 Å². The van der Waals surface area contributed by atoms with E-state index in [1.54, 1.807) is 25.4 Å². The number of alkyl halides is 3. The first-order valence-electron chi connectivity index (χ1n) is 7.53. The molecule has 136 valence electrons. The van der Waals surface area contributed by atoms with Crippen molar-refractivity contribution in [1.29, 1.82) is 0 Å². The number of hydrogen-bond donors (Lipinski definition) is 0. The zero-order valence-electron chi connectivity index (χ0n) is 13.9. The monoisotopic (exact) mass is 380 g/mol. The molecule has 0 radical (unpaired) electrons. The first-order chi connectivity index (χ1) is 12.4. The quantitative estimate of drug-likeness (QED) is 0.572. The SMILES string of the molecule is COc1ccc(-c2cnc(SC)n2-c2ccc(OC(F)(F)F)cc2)cc1. The molecule has 0 bridgehead atoms. The van der Waals surface area contributed by atoms with Crippen molar-refractivity contribution in [2.45, 2.75) is 11.5 Å². The molecule has 1 heterocycles. The van der Waals surface area contributed by atoms with Crippen LogP contribution in [0.15, 0.2) is 59.9 Å². The van der Waals surface area contributed by atoms with Crippen LogP contribution >= 0.6 is 11.8 Å². The highest BCUT2D eigenvalue weighted by molar-refractivity contribution is 7.98. The minimum absolute atomic E-state index is 0.266. The maximum atomic E-state index is 12.3. The maximum Gasteiger partial charge on any atom is 0.573 e. The summed E-state index contributed by atoms with van der Waals surface area (Å²) in [5.74, 6) is 0.469. The molecule has 0 atom stereocenters. The highest BCUT2D eigenvalue weighted by Crippen LogP contribution is 2.31. The standard InChI is InChI=1S/C18H15F3N2O2S/c1-24-14-7-3-12(4-8-14)16-11-22-17(26-2)23(16)13-5-9-15(10-6-13)25-18(19,20)21/h3-11H,1-2H3. The lowest BCUT2D eigenvalue weighted by molar-refractivity contribution is -0.274. The predicted molar refractivity (Wildman–Crippen MR) is 94.0 cm³/mol. The van der Waals surface area contributed by atoms with E-state index in [0.29, 0.717) is 5.69 Å². The van der Waals surface area contributed by atoms with Crippen LogP contribution in [0.25, 0.3) is 16.9 Å². The number of ether oxygens (including phenoxy) is 2. The summed E-state index contributed by atoms with van der Waals surface area (Å²) in [5.41, 5.74) is 2.42. The number of halogens is 3. The van der Waals surface area contributed by atoms with Gasteiger partial charge in [-0.3, -0.25) is 4.57 Å². The minimum atomic E-state index is -4.71. The molecule has 0 aliphatic heterocycles. The van der Waals surface area contributed by atoms with Crippen LogP contribution < -0.4 is 9.47 Å². The smallest absolute Gasteiger partial charge is 0.497 e. The first-order valence-corrected chi connectivity index (χ1v) is 8.76. The second-order valence-corrected chi connectivity index (χ2v) is 6.01. The fourth-order valence-corrected chi connectivity index (χ4v) is 3.04. The van der Waals surface area contributed by atoms with Crippen LogP contribution in [0.3, 0.4) is 0 Å². The van der Waals surface area contributed by atoms with Crippen molar-refractivity contribution in [3.8, 4) is 28.4 Å². The third kappa shape index (κ3) is 3.96. The fraction of sp³-hybridized carbons (Fsp3) is 0.167. The molecule has 2 aromatic carbocycles. The van der Waals surface area contributed by atoms with Crippen molar-refractivity contribution in [3.63, 3.8) is 0 Å². The summed E-state index contributed by atoms with van der Waals surface area (Å²) in [4.78, 5) is 4.40. The molecule has 3 aromatic rings. The zero-order valence-corrected chi connectivity index (χ0v) is 14.8. The second kappa shape index (κ2) is 7.33. The van der Waals surface area contributed by atoms with Crippen LogP contribution in [0, 0.1) is 0 Å². The van der Waals surface area contributed by atoms with Crippen molar-refractivity contribution in [2.24, 2.45) is 0 Å². The molecule has 3 rings (SSSR count). The average Bonchev–Trinajstić information content (AvgIpc) is 3.05.